The largest absolute Gasteiger partial charge is 0.439 e. The molecular formula is C25H22N2O4. The number of carbonyl (C=O) groups excluding carboxylic acids is 2. The molecule has 0 aromatic heterocycles. The molecule has 2 atom stereocenters. The zero-order valence-corrected chi connectivity index (χ0v) is 17.1. The smallest absolute Gasteiger partial charge is 0.415 e. The van der Waals surface area contributed by atoms with E-state index in [0.717, 1.165) is 22.4 Å². The lowest BCUT2D eigenvalue weighted by atomic mass is 10.1. The van der Waals surface area contributed by atoms with Gasteiger partial charge in [-0.3, -0.25) is 9.80 Å². The summed E-state index contributed by atoms with van der Waals surface area (Å²) in [6.45, 7) is 2.78. The molecule has 0 N–H and O–H groups in total. The molecule has 3 aromatic rings. The normalized spacial score (nSPS) is 20.7. The van der Waals surface area contributed by atoms with Crippen LogP contribution in [-0.4, -0.2) is 25.3 Å². The second-order valence-electron chi connectivity index (χ2n) is 7.76. The lowest BCUT2D eigenvalue weighted by Gasteiger charge is -2.20. The lowest BCUT2D eigenvalue weighted by Crippen LogP contribution is -2.27. The van der Waals surface area contributed by atoms with Crippen LogP contribution in [0.15, 0.2) is 78.9 Å². The topological polar surface area (TPSA) is 59.1 Å². The molecule has 2 saturated heterocycles. The van der Waals surface area contributed by atoms with E-state index in [1.807, 2.05) is 85.8 Å². The minimum atomic E-state index is -0.394. The average molecular weight is 414 g/mol. The van der Waals surface area contributed by atoms with Crippen molar-refractivity contribution in [1.29, 1.82) is 0 Å². The highest BCUT2D eigenvalue weighted by atomic mass is 16.6. The predicted molar refractivity (Wildman–Crippen MR) is 117 cm³/mol. The molecule has 156 valence electrons. The van der Waals surface area contributed by atoms with Crippen molar-refractivity contribution < 1.29 is 19.1 Å². The molecule has 2 unspecified atom stereocenters. The number of nitrogens with zero attached hydrogens (tertiary/aromatic N) is 2. The number of benzene rings is 3. The standard InChI is InChI=1S/C25H22N2O4/c1-17-12-13-20(26-15-22(30-24(26)28)18-8-4-2-5-9-18)14-21(17)27-16-23(31-25(27)29)19-10-6-3-7-11-19/h2-14,22-23H,15-16H2,1H3. The molecule has 3 aromatic carbocycles. The van der Waals surface area contributed by atoms with Gasteiger partial charge >= 0.3 is 12.2 Å². The zero-order valence-electron chi connectivity index (χ0n) is 17.1. The number of hydrogen-bond acceptors (Lipinski definition) is 4. The molecule has 0 bridgehead atoms. The van der Waals surface area contributed by atoms with Crippen LogP contribution in [0.3, 0.4) is 0 Å². The third kappa shape index (κ3) is 3.61. The molecule has 2 aliphatic rings. The fourth-order valence-electron chi connectivity index (χ4n) is 4.07. The van der Waals surface area contributed by atoms with Gasteiger partial charge in [-0.05, 0) is 35.7 Å². The van der Waals surface area contributed by atoms with E-state index in [1.165, 1.54) is 0 Å². The molecular weight excluding hydrogens is 392 g/mol. The summed E-state index contributed by atoms with van der Waals surface area (Å²) in [5.74, 6) is 0. The van der Waals surface area contributed by atoms with Gasteiger partial charge in [0.25, 0.3) is 0 Å². The van der Waals surface area contributed by atoms with Gasteiger partial charge in [-0.25, -0.2) is 9.59 Å². The Morgan fingerprint density at radius 2 is 1.23 bits per heavy atom. The first kappa shape index (κ1) is 19.2. The molecule has 31 heavy (non-hydrogen) atoms. The quantitative estimate of drug-likeness (QED) is 0.574. The van der Waals surface area contributed by atoms with E-state index >= 15 is 0 Å². The number of aryl methyl sites for hydroxylation is 1. The Labute approximate surface area is 180 Å². The van der Waals surface area contributed by atoms with Gasteiger partial charge in [0.1, 0.15) is 12.2 Å². The SMILES string of the molecule is Cc1ccc(N2CC(c3ccccc3)OC2=O)cc1N1CC(c2ccccc2)OC1=O. The Balaban J connectivity index is 1.40. The minimum absolute atomic E-state index is 0.322. The van der Waals surface area contributed by atoms with E-state index in [-0.39, 0.29) is 18.3 Å². The van der Waals surface area contributed by atoms with Crippen LogP contribution in [0.5, 0.6) is 0 Å². The summed E-state index contributed by atoms with van der Waals surface area (Å²) in [4.78, 5) is 28.5. The highest BCUT2D eigenvalue weighted by Crippen LogP contribution is 2.36. The van der Waals surface area contributed by atoms with Gasteiger partial charge in [-0.15, -0.1) is 0 Å². The summed E-state index contributed by atoms with van der Waals surface area (Å²) in [6, 6.07) is 25.0. The van der Waals surface area contributed by atoms with Crippen LogP contribution >= 0.6 is 0 Å². The van der Waals surface area contributed by atoms with Crippen LogP contribution < -0.4 is 9.80 Å². The van der Waals surface area contributed by atoms with Crippen LogP contribution in [-0.2, 0) is 9.47 Å². The maximum absolute atomic E-state index is 12.6. The second kappa shape index (κ2) is 7.80. The predicted octanol–water partition coefficient (Wildman–Crippen LogP) is 5.39. The molecule has 0 aliphatic carbocycles. The molecule has 2 amide bonds. The number of hydrogen-bond donors (Lipinski definition) is 0. The molecule has 5 rings (SSSR count). The van der Waals surface area contributed by atoms with Gasteiger partial charge in [0, 0.05) is 5.69 Å². The number of carbonyl (C=O) groups is 2. The Kier molecular flexibility index (Phi) is 4.82. The first-order chi connectivity index (χ1) is 15.1. The molecule has 2 aliphatic heterocycles. The molecule has 0 spiro atoms. The maximum Gasteiger partial charge on any atom is 0.415 e. The van der Waals surface area contributed by atoms with E-state index < -0.39 is 6.09 Å². The van der Waals surface area contributed by atoms with Crippen LogP contribution in [0, 0.1) is 6.92 Å². The Hall–Kier alpha value is -3.80. The summed E-state index contributed by atoms with van der Waals surface area (Å²) < 4.78 is 11.2. The molecule has 6 nitrogen and oxygen atoms in total. The van der Waals surface area contributed by atoms with Crippen LogP contribution in [0.25, 0.3) is 0 Å². The molecule has 0 saturated carbocycles. The van der Waals surface area contributed by atoms with Crippen LogP contribution in [0.4, 0.5) is 21.0 Å². The van der Waals surface area contributed by atoms with E-state index in [4.69, 9.17) is 9.47 Å². The van der Waals surface area contributed by atoms with Gasteiger partial charge in [-0.2, -0.15) is 0 Å². The van der Waals surface area contributed by atoms with E-state index in [1.54, 1.807) is 9.80 Å². The Bertz CT molecular complexity index is 1120. The van der Waals surface area contributed by atoms with Crippen LogP contribution in [0.2, 0.25) is 0 Å². The highest BCUT2D eigenvalue weighted by Gasteiger charge is 2.36. The van der Waals surface area contributed by atoms with Crippen LogP contribution in [0.1, 0.15) is 28.9 Å². The van der Waals surface area contributed by atoms with Gasteiger partial charge in [0.05, 0.1) is 18.8 Å². The van der Waals surface area contributed by atoms with Gasteiger partial charge in [-0.1, -0.05) is 66.7 Å². The fourth-order valence-corrected chi connectivity index (χ4v) is 4.07. The van der Waals surface area contributed by atoms with E-state index in [0.29, 0.717) is 18.8 Å². The van der Waals surface area contributed by atoms with Crippen molar-refractivity contribution in [3.8, 4) is 0 Å². The van der Waals surface area contributed by atoms with Crippen molar-refractivity contribution in [1.82, 2.24) is 0 Å². The first-order valence-corrected chi connectivity index (χ1v) is 10.3. The highest BCUT2D eigenvalue weighted by molar-refractivity contribution is 5.94. The number of ether oxygens (including phenoxy) is 2. The lowest BCUT2D eigenvalue weighted by molar-refractivity contribution is 0.141. The molecule has 2 fully saturated rings. The van der Waals surface area contributed by atoms with Gasteiger partial charge in [0.15, 0.2) is 0 Å². The third-order valence-corrected chi connectivity index (χ3v) is 5.76. The molecule has 0 radical (unpaired) electrons. The van der Waals surface area contributed by atoms with Gasteiger partial charge in [0.2, 0.25) is 0 Å². The number of anilines is 2. The van der Waals surface area contributed by atoms with Crippen molar-refractivity contribution in [2.75, 3.05) is 22.9 Å². The third-order valence-electron chi connectivity index (χ3n) is 5.76. The van der Waals surface area contributed by atoms with Crippen molar-refractivity contribution >= 4 is 23.6 Å². The second-order valence-corrected chi connectivity index (χ2v) is 7.76. The Morgan fingerprint density at radius 1 is 0.710 bits per heavy atom. The average Bonchev–Trinajstić information content (AvgIpc) is 3.38. The van der Waals surface area contributed by atoms with E-state index in [2.05, 4.69) is 0 Å². The minimum Gasteiger partial charge on any atom is -0.439 e. The summed E-state index contributed by atoms with van der Waals surface area (Å²) in [5.41, 5.74) is 4.28. The first-order valence-electron chi connectivity index (χ1n) is 10.3. The number of cyclic esters (lactones) is 2. The Morgan fingerprint density at radius 3 is 1.81 bits per heavy atom. The fraction of sp³-hybridized carbons (Fsp3) is 0.200. The summed E-state index contributed by atoms with van der Waals surface area (Å²) in [5, 5.41) is 0. The van der Waals surface area contributed by atoms with Crippen molar-refractivity contribution in [3.05, 3.63) is 95.6 Å². The monoisotopic (exact) mass is 414 g/mol. The maximum atomic E-state index is 12.6. The van der Waals surface area contributed by atoms with Crippen molar-refractivity contribution in [2.24, 2.45) is 0 Å². The number of amides is 2. The van der Waals surface area contributed by atoms with Gasteiger partial charge < -0.3 is 9.47 Å². The zero-order chi connectivity index (χ0) is 21.4. The van der Waals surface area contributed by atoms with E-state index in [9.17, 15) is 9.59 Å². The molecule has 6 heteroatoms. The van der Waals surface area contributed by atoms with Crippen molar-refractivity contribution in [2.45, 2.75) is 19.1 Å². The summed E-state index contributed by atoms with van der Waals surface area (Å²) in [6.07, 6.45) is -1.43. The number of rotatable bonds is 4. The summed E-state index contributed by atoms with van der Waals surface area (Å²) >= 11 is 0. The van der Waals surface area contributed by atoms with Crippen molar-refractivity contribution in [3.63, 3.8) is 0 Å². The summed E-state index contributed by atoms with van der Waals surface area (Å²) in [7, 11) is 0. The molecule has 2 heterocycles.